The third-order valence-electron chi connectivity index (χ3n) is 5.53. The molecule has 0 radical (unpaired) electrons. The lowest BCUT2D eigenvalue weighted by atomic mass is 9.78. The molecule has 1 heterocycles. The topological polar surface area (TPSA) is 71.1 Å². The van der Waals surface area contributed by atoms with Gasteiger partial charge in [0.25, 0.3) is 5.91 Å². The van der Waals surface area contributed by atoms with Gasteiger partial charge in [0.1, 0.15) is 5.82 Å². The first-order valence-corrected chi connectivity index (χ1v) is 9.87. The van der Waals surface area contributed by atoms with Gasteiger partial charge in [-0.25, -0.2) is 4.98 Å². The molecule has 5 nitrogen and oxygen atoms in total. The van der Waals surface area contributed by atoms with Crippen molar-refractivity contribution in [2.75, 3.05) is 10.6 Å². The lowest BCUT2D eigenvalue weighted by molar-refractivity contribution is -0.121. The van der Waals surface area contributed by atoms with Crippen LogP contribution in [0.1, 0.15) is 41.6 Å². The molecule has 2 aromatic carbocycles. The van der Waals surface area contributed by atoms with Gasteiger partial charge in [-0.2, -0.15) is 0 Å². The van der Waals surface area contributed by atoms with E-state index in [-0.39, 0.29) is 11.8 Å². The van der Waals surface area contributed by atoms with Crippen LogP contribution in [-0.4, -0.2) is 16.8 Å². The summed E-state index contributed by atoms with van der Waals surface area (Å²) in [5.41, 5.74) is 1.79. The molecule has 2 N–H and O–H groups in total. The van der Waals surface area contributed by atoms with E-state index in [1.165, 1.54) is 0 Å². The van der Waals surface area contributed by atoms with Gasteiger partial charge in [0.15, 0.2) is 0 Å². The van der Waals surface area contributed by atoms with Crippen LogP contribution in [0.4, 0.5) is 11.5 Å². The molecule has 0 atom stereocenters. The van der Waals surface area contributed by atoms with Crippen molar-refractivity contribution in [1.29, 1.82) is 0 Å². The minimum absolute atomic E-state index is 0.0203. The van der Waals surface area contributed by atoms with E-state index in [2.05, 4.69) is 15.6 Å². The smallest absolute Gasteiger partial charge is 0.256 e. The van der Waals surface area contributed by atoms with Gasteiger partial charge in [0.2, 0.25) is 5.91 Å². The predicted molar refractivity (Wildman–Crippen MR) is 114 cm³/mol. The van der Waals surface area contributed by atoms with Crippen LogP contribution in [0.3, 0.4) is 0 Å². The van der Waals surface area contributed by atoms with Crippen molar-refractivity contribution in [3.8, 4) is 0 Å². The second-order valence-corrected chi connectivity index (χ2v) is 7.36. The number of anilines is 2. The van der Waals surface area contributed by atoms with E-state index in [1.807, 2.05) is 36.4 Å². The second-order valence-electron chi connectivity index (χ2n) is 7.36. The molecule has 0 spiro atoms. The van der Waals surface area contributed by atoms with E-state index < -0.39 is 5.41 Å². The second kappa shape index (κ2) is 8.27. The summed E-state index contributed by atoms with van der Waals surface area (Å²) in [5, 5.41) is 5.81. The number of nitrogens with zero attached hydrogens (tertiary/aromatic N) is 1. The zero-order valence-corrected chi connectivity index (χ0v) is 16.1. The molecule has 1 saturated carbocycles. The minimum Gasteiger partial charge on any atom is -0.325 e. The van der Waals surface area contributed by atoms with Crippen LogP contribution in [0.2, 0.25) is 0 Å². The molecule has 146 valence electrons. The number of carbonyl (C=O) groups excluding carboxylic acids is 2. The molecule has 3 aromatic rings. The third kappa shape index (κ3) is 4.04. The van der Waals surface area contributed by atoms with Gasteiger partial charge in [-0.05, 0) is 54.8 Å². The number of carbonyl (C=O) groups is 2. The van der Waals surface area contributed by atoms with Gasteiger partial charge in [-0.15, -0.1) is 0 Å². The normalized spacial score (nSPS) is 14.9. The Kier molecular flexibility index (Phi) is 5.38. The number of aromatic nitrogens is 1. The number of benzene rings is 2. The standard InChI is InChI=1S/C24H23N3O2/c28-22(27-21-10-4-7-17-25-21)18-11-13-20(14-12-18)26-23(29)24(15-5-6-16-24)19-8-2-1-3-9-19/h1-4,7-14,17H,5-6,15-16H2,(H,26,29)(H,25,27,28). The first-order chi connectivity index (χ1) is 14.2. The van der Waals surface area contributed by atoms with Crippen molar-refractivity contribution in [1.82, 2.24) is 4.98 Å². The fourth-order valence-electron chi connectivity index (χ4n) is 3.96. The third-order valence-corrected chi connectivity index (χ3v) is 5.53. The van der Waals surface area contributed by atoms with Crippen molar-refractivity contribution in [3.63, 3.8) is 0 Å². The van der Waals surface area contributed by atoms with Crippen molar-refractivity contribution < 1.29 is 9.59 Å². The van der Waals surface area contributed by atoms with Gasteiger partial charge < -0.3 is 10.6 Å². The quantitative estimate of drug-likeness (QED) is 0.664. The number of nitrogens with one attached hydrogen (secondary N) is 2. The molecule has 0 unspecified atom stereocenters. The fraction of sp³-hybridized carbons (Fsp3) is 0.208. The van der Waals surface area contributed by atoms with Crippen LogP contribution in [-0.2, 0) is 10.2 Å². The molecule has 29 heavy (non-hydrogen) atoms. The van der Waals surface area contributed by atoms with Crippen molar-refractivity contribution in [2.24, 2.45) is 0 Å². The Morgan fingerprint density at radius 2 is 1.48 bits per heavy atom. The van der Waals surface area contributed by atoms with E-state index in [1.54, 1.807) is 42.6 Å². The van der Waals surface area contributed by atoms with Crippen LogP contribution >= 0.6 is 0 Å². The Labute approximate surface area is 170 Å². The highest BCUT2D eigenvalue weighted by atomic mass is 16.2. The van der Waals surface area contributed by atoms with Gasteiger partial charge in [0, 0.05) is 17.4 Å². The van der Waals surface area contributed by atoms with Crippen LogP contribution in [0.25, 0.3) is 0 Å². The zero-order chi connectivity index (χ0) is 20.1. The summed E-state index contributed by atoms with van der Waals surface area (Å²) in [7, 11) is 0. The van der Waals surface area contributed by atoms with E-state index in [9.17, 15) is 9.59 Å². The van der Waals surface area contributed by atoms with Crippen LogP contribution in [0.15, 0.2) is 79.0 Å². The largest absolute Gasteiger partial charge is 0.325 e. The number of hydrogen-bond acceptors (Lipinski definition) is 3. The number of rotatable bonds is 5. The predicted octanol–water partition coefficient (Wildman–Crippen LogP) is 4.78. The van der Waals surface area contributed by atoms with Gasteiger partial charge in [-0.3, -0.25) is 9.59 Å². The molecule has 0 saturated heterocycles. The summed E-state index contributed by atoms with van der Waals surface area (Å²) in [6.07, 6.45) is 5.44. The summed E-state index contributed by atoms with van der Waals surface area (Å²) in [4.78, 5) is 29.6. The molecule has 5 heteroatoms. The van der Waals surface area contributed by atoms with Gasteiger partial charge >= 0.3 is 0 Å². The number of pyridine rings is 1. The average Bonchev–Trinajstić information content (AvgIpc) is 3.27. The Balaban J connectivity index is 1.47. The van der Waals surface area contributed by atoms with Crippen LogP contribution in [0, 0.1) is 0 Å². The molecule has 0 bridgehead atoms. The molecule has 0 aliphatic heterocycles. The van der Waals surface area contributed by atoms with E-state index >= 15 is 0 Å². The average molecular weight is 385 g/mol. The molecule has 1 aliphatic carbocycles. The zero-order valence-electron chi connectivity index (χ0n) is 16.1. The lowest BCUT2D eigenvalue weighted by Gasteiger charge is -2.28. The Morgan fingerprint density at radius 3 is 2.14 bits per heavy atom. The molecule has 1 fully saturated rings. The number of amides is 2. The molecule has 2 amide bonds. The van der Waals surface area contributed by atoms with E-state index in [4.69, 9.17) is 0 Å². The van der Waals surface area contributed by atoms with Gasteiger partial charge in [-0.1, -0.05) is 49.2 Å². The molecular weight excluding hydrogens is 362 g/mol. The minimum atomic E-state index is -0.476. The van der Waals surface area contributed by atoms with Crippen molar-refractivity contribution in [2.45, 2.75) is 31.1 Å². The molecular formula is C24H23N3O2. The Morgan fingerprint density at radius 1 is 0.793 bits per heavy atom. The Hall–Kier alpha value is -3.47. The fourth-order valence-corrected chi connectivity index (χ4v) is 3.96. The van der Waals surface area contributed by atoms with Crippen LogP contribution in [0.5, 0.6) is 0 Å². The maximum Gasteiger partial charge on any atom is 0.256 e. The summed E-state index contributed by atoms with van der Waals surface area (Å²) in [6.45, 7) is 0. The highest BCUT2D eigenvalue weighted by molar-refractivity contribution is 6.04. The maximum absolute atomic E-state index is 13.2. The SMILES string of the molecule is O=C(Nc1ccccn1)c1ccc(NC(=O)C2(c3ccccc3)CCCC2)cc1. The first kappa shape index (κ1) is 18.9. The molecule has 1 aliphatic rings. The maximum atomic E-state index is 13.2. The number of hydrogen-bond donors (Lipinski definition) is 2. The monoisotopic (exact) mass is 385 g/mol. The highest BCUT2D eigenvalue weighted by Crippen LogP contribution is 2.42. The summed E-state index contributed by atoms with van der Waals surface area (Å²) < 4.78 is 0. The van der Waals surface area contributed by atoms with Gasteiger partial charge in [0.05, 0.1) is 5.41 Å². The summed E-state index contributed by atoms with van der Waals surface area (Å²) >= 11 is 0. The van der Waals surface area contributed by atoms with Crippen molar-refractivity contribution >= 4 is 23.3 Å². The first-order valence-electron chi connectivity index (χ1n) is 9.87. The van der Waals surface area contributed by atoms with E-state index in [0.29, 0.717) is 17.1 Å². The summed E-state index contributed by atoms with van der Waals surface area (Å²) in [5.74, 6) is 0.283. The van der Waals surface area contributed by atoms with Crippen LogP contribution < -0.4 is 10.6 Å². The Bertz CT molecular complexity index is 980. The highest BCUT2D eigenvalue weighted by Gasteiger charge is 2.42. The molecule has 1 aromatic heterocycles. The lowest BCUT2D eigenvalue weighted by Crippen LogP contribution is -2.37. The van der Waals surface area contributed by atoms with Crippen molar-refractivity contribution in [3.05, 3.63) is 90.1 Å². The van der Waals surface area contributed by atoms with E-state index in [0.717, 1.165) is 31.2 Å². The summed E-state index contributed by atoms with van der Waals surface area (Å²) in [6, 6.07) is 22.3. The molecule has 4 rings (SSSR count).